The van der Waals surface area contributed by atoms with Crippen molar-refractivity contribution in [3.8, 4) is 0 Å². The molecule has 0 spiro atoms. The van der Waals surface area contributed by atoms with Gasteiger partial charge in [-0.15, -0.1) is 0 Å². The van der Waals surface area contributed by atoms with Gasteiger partial charge in [-0.3, -0.25) is 0 Å². The first kappa shape index (κ1) is 11.4. The molecular weight excluding hydrogens is 184 g/mol. The Hall–Kier alpha value is -0.0800. The van der Waals surface area contributed by atoms with Gasteiger partial charge >= 0.3 is 0 Å². The fraction of sp³-hybridized carbons (Fsp3) is 1.00. The van der Waals surface area contributed by atoms with Gasteiger partial charge in [0, 0.05) is 0 Å². The van der Waals surface area contributed by atoms with Crippen LogP contribution in [-0.4, -0.2) is 37.6 Å². The predicted molar refractivity (Wildman–Crippen MR) is 65.0 cm³/mol. The van der Waals surface area contributed by atoms with E-state index >= 15 is 0 Å². The van der Waals surface area contributed by atoms with Gasteiger partial charge in [-0.05, 0) is 63.3 Å². The van der Waals surface area contributed by atoms with Crippen LogP contribution in [0.2, 0.25) is 0 Å². The standard InChI is InChI=1S/C13H26N2/c1-3-13(2)5-8-15(9-6-13)7-4-12-10-14-11-12/h12,14H,3-11H2,1-2H3. The van der Waals surface area contributed by atoms with Crippen LogP contribution in [0, 0.1) is 11.3 Å². The lowest BCUT2D eigenvalue weighted by atomic mass is 9.78. The highest BCUT2D eigenvalue weighted by Crippen LogP contribution is 2.33. The lowest BCUT2D eigenvalue weighted by Crippen LogP contribution is -2.45. The van der Waals surface area contributed by atoms with E-state index in [2.05, 4.69) is 24.1 Å². The van der Waals surface area contributed by atoms with Gasteiger partial charge in [0.25, 0.3) is 0 Å². The zero-order valence-electron chi connectivity index (χ0n) is 10.4. The van der Waals surface area contributed by atoms with E-state index in [9.17, 15) is 0 Å². The van der Waals surface area contributed by atoms with E-state index in [-0.39, 0.29) is 0 Å². The van der Waals surface area contributed by atoms with E-state index in [1.807, 2.05) is 0 Å². The van der Waals surface area contributed by atoms with Crippen molar-refractivity contribution in [1.29, 1.82) is 0 Å². The largest absolute Gasteiger partial charge is 0.316 e. The van der Waals surface area contributed by atoms with Crippen molar-refractivity contribution in [2.45, 2.75) is 39.5 Å². The number of nitrogens with zero attached hydrogens (tertiary/aromatic N) is 1. The van der Waals surface area contributed by atoms with Crippen LogP contribution in [0.5, 0.6) is 0 Å². The normalized spacial score (nSPS) is 27.6. The van der Waals surface area contributed by atoms with Crippen molar-refractivity contribution in [1.82, 2.24) is 10.2 Å². The summed E-state index contributed by atoms with van der Waals surface area (Å²) in [7, 11) is 0. The Labute approximate surface area is 94.4 Å². The summed E-state index contributed by atoms with van der Waals surface area (Å²) in [5.41, 5.74) is 0.647. The predicted octanol–water partition coefficient (Wildman–Crippen LogP) is 2.11. The highest BCUT2D eigenvalue weighted by molar-refractivity contribution is 4.82. The molecule has 0 aromatic heterocycles. The molecule has 0 radical (unpaired) electrons. The van der Waals surface area contributed by atoms with Gasteiger partial charge in [-0.2, -0.15) is 0 Å². The van der Waals surface area contributed by atoms with Crippen LogP contribution in [0.25, 0.3) is 0 Å². The van der Waals surface area contributed by atoms with Crippen LogP contribution in [0.1, 0.15) is 39.5 Å². The number of nitrogens with one attached hydrogen (secondary N) is 1. The molecule has 2 heterocycles. The molecule has 2 fully saturated rings. The number of hydrogen-bond acceptors (Lipinski definition) is 2. The second kappa shape index (κ2) is 4.84. The van der Waals surface area contributed by atoms with E-state index in [1.165, 1.54) is 58.4 Å². The average molecular weight is 210 g/mol. The Kier molecular flexibility index (Phi) is 3.68. The molecule has 0 aromatic rings. The highest BCUT2D eigenvalue weighted by atomic mass is 15.1. The first-order chi connectivity index (χ1) is 7.22. The Morgan fingerprint density at radius 2 is 1.93 bits per heavy atom. The van der Waals surface area contributed by atoms with Gasteiger partial charge in [0.1, 0.15) is 0 Å². The zero-order chi connectivity index (χ0) is 10.7. The minimum absolute atomic E-state index is 0.647. The zero-order valence-corrected chi connectivity index (χ0v) is 10.4. The molecule has 0 saturated carbocycles. The van der Waals surface area contributed by atoms with Crippen molar-refractivity contribution in [2.75, 3.05) is 32.7 Å². The van der Waals surface area contributed by atoms with Crippen LogP contribution >= 0.6 is 0 Å². The van der Waals surface area contributed by atoms with Gasteiger partial charge in [0.2, 0.25) is 0 Å². The lowest BCUT2D eigenvalue weighted by Gasteiger charge is -2.40. The molecule has 0 unspecified atom stereocenters. The van der Waals surface area contributed by atoms with E-state index in [1.54, 1.807) is 0 Å². The van der Waals surface area contributed by atoms with Crippen molar-refractivity contribution >= 4 is 0 Å². The third kappa shape index (κ3) is 2.94. The highest BCUT2D eigenvalue weighted by Gasteiger charge is 2.28. The minimum Gasteiger partial charge on any atom is -0.316 e. The average Bonchev–Trinajstić information content (AvgIpc) is 2.19. The van der Waals surface area contributed by atoms with Crippen LogP contribution in [0.3, 0.4) is 0 Å². The van der Waals surface area contributed by atoms with E-state index < -0.39 is 0 Å². The van der Waals surface area contributed by atoms with E-state index in [4.69, 9.17) is 0 Å². The Morgan fingerprint density at radius 1 is 1.27 bits per heavy atom. The van der Waals surface area contributed by atoms with Crippen molar-refractivity contribution < 1.29 is 0 Å². The molecule has 0 aliphatic carbocycles. The summed E-state index contributed by atoms with van der Waals surface area (Å²) < 4.78 is 0. The monoisotopic (exact) mass is 210 g/mol. The summed E-state index contributed by atoms with van der Waals surface area (Å²) in [4.78, 5) is 2.68. The molecule has 15 heavy (non-hydrogen) atoms. The molecule has 2 saturated heterocycles. The lowest BCUT2D eigenvalue weighted by molar-refractivity contribution is 0.106. The Bertz CT molecular complexity index is 188. The molecule has 2 aliphatic heterocycles. The summed E-state index contributed by atoms with van der Waals surface area (Å²) >= 11 is 0. The molecule has 2 nitrogen and oxygen atoms in total. The maximum atomic E-state index is 3.35. The van der Waals surface area contributed by atoms with Gasteiger partial charge in [0.15, 0.2) is 0 Å². The summed E-state index contributed by atoms with van der Waals surface area (Å²) in [5, 5.41) is 3.35. The summed E-state index contributed by atoms with van der Waals surface area (Å²) in [6.45, 7) is 11.3. The maximum absolute atomic E-state index is 3.35. The molecule has 2 rings (SSSR count). The van der Waals surface area contributed by atoms with Crippen LogP contribution in [0.15, 0.2) is 0 Å². The maximum Gasteiger partial charge on any atom is -0.000778 e. The topological polar surface area (TPSA) is 15.3 Å². The minimum atomic E-state index is 0.647. The summed E-state index contributed by atoms with van der Waals surface area (Å²) in [5.74, 6) is 0.976. The van der Waals surface area contributed by atoms with Gasteiger partial charge < -0.3 is 10.2 Å². The van der Waals surface area contributed by atoms with Gasteiger partial charge in [0.05, 0.1) is 0 Å². The quantitative estimate of drug-likeness (QED) is 0.764. The fourth-order valence-electron chi connectivity index (χ4n) is 2.59. The molecule has 88 valence electrons. The van der Waals surface area contributed by atoms with Crippen LogP contribution in [-0.2, 0) is 0 Å². The van der Waals surface area contributed by atoms with E-state index in [0.29, 0.717) is 5.41 Å². The smallest absolute Gasteiger partial charge is 0.000778 e. The van der Waals surface area contributed by atoms with E-state index in [0.717, 1.165) is 5.92 Å². The Morgan fingerprint density at radius 3 is 2.40 bits per heavy atom. The van der Waals surface area contributed by atoms with Gasteiger partial charge in [-0.1, -0.05) is 20.3 Å². The number of rotatable bonds is 4. The second-order valence-electron chi connectivity index (χ2n) is 5.82. The van der Waals surface area contributed by atoms with Crippen LogP contribution in [0.4, 0.5) is 0 Å². The SMILES string of the molecule is CCC1(C)CCN(CCC2CNC2)CC1. The third-order valence-electron chi connectivity index (χ3n) is 4.64. The second-order valence-corrected chi connectivity index (χ2v) is 5.82. The molecule has 0 amide bonds. The first-order valence-corrected chi connectivity index (χ1v) is 6.65. The van der Waals surface area contributed by atoms with Crippen molar-refractivity contribution in [3.63, 3.8) is 0 Å². The Balaban J connectivity index is 1.64. The first-order valence-electron chi connectivity index (χ1n) is 6.65. The van der Waals surface area contributed by atoms with Crippen LogP contribution < -0.4 is 5.32 Å². The molecule has 0 atom stereocenters. The number of likely N-dealkylation sites (tertiary alicyclic amines) is 1. The molecule has 0 bridgehead atoms. The van der Waals surface area contributed by atoms with Crippen molar-refractivity contribution in [2.24, 2.45) is 11.3 Å². The number of hydrogen-bond donors (Lipinski definition) is 1. The molecule has 2 aliphatic rings. The molecule has 1 N–H and O–H groups in total. The number of piperidine rings is 1. The molecule has 0 aromatic carbocycles. The summed E-state index contributed by atoms with van der Waals surface area (Å²) in [6.07, 6.45) is 5.59. The van der Waals surface area contributed by atoms with Crippen molar-refractivity contribution in [3.05, 3.63) is 0 Å². The fourth-order valence-corrected chi connectivity index (χ4v) is 2.59. The third-order valence-corrected chi connectivity index (χ3v) is 4.64. The molecular formula is C13H26N2. The molecule has 2 heteroatoms. The van der Waals surface area contributed by atoms with Gasteiger partial charge in [-0.25, -0.2) is 0 Å². The summed E-state index contributed by atoms with van der Waals surface area (Å²) in [6, 6.07) is 0.